The number of aliphatic carboxylic acids is 1. The summed E-state index contributed by atoms with van der Waals surface area (Å²) in [5.41, 5.74) is 3.25. The van der Waals surface area contributed by atoms with Gasteiger partial charge in [0.25, 0.3) is 0 Å². The fourth-order valence-corrected chi connectivity index (χ4v) is 3.81. The Morgan fingerprint density at radius 3 is 2.90 bits per heavy atom. The first kappa shape index (κ1) is 16.2. The van der Waals surface area contributed by atoms with Crippen LogP contribution in [0, 0.1) is 12.8 Å². The Balaban J connectivity index is 2.40. The largest absolute Gasteiger partial charge is 0.481 e. The first-order valence-corrected chi connectivity index (χ1v) is 9.20. The normalized spacial score (nSPS) is 12.7. The van der Waals surface area contributed by atoms with Gasteiger partial charge in [-0.2, -0.15) is 11.8 Å². The molecule has 4 nitrogen and oxygen atoms in total. The summed E-state index contributed by atoms with van der Waals surface area (Å²) in [5, 5.41) is 9.70. The highest BCUT2D eigenvalue weighted by molar-refractivity contribution is 7.99. The molecule has 0 radical (unpaired) electrons. The van der Waals surface area contributed by atoms with Crippen LogP contribution in [0.15, 0.2) is 23.4 Å². The lowest BCUT2D eigenvalue weighted by atomic mass is 10.2. The number of benzene rings is 1. The van der Waals surface area contributed by atoms with Crippen LogP contribution in [-0.4, -0.2) is 38.4 Å². The molecule has 0 aliphatic heterocycles. The lowest BCUT2D eigenvalue weighted by molar-refractivity contribution is -0.133. The van der Waals surface area contributed by atoms with Crippen molar-refractivity contribution in [1.82, 2.24) is 9.55 Å². The Kier molecular flexibility index (Phi) is 5.58. The van der Waals surface area contributed by atoms with Gasteiger partial charge in [-0.25, -0.2) is 4.98 Å². The molecule has 6 heteroatoms. The summed E-state index contributed by atoms with van der Waals surface area (Å²) in [7, 11) is 0. The molecule has 0 aliphatic rings. The Morgan fingerprint density at radius 1 is 1.48 bits per heavy atom. The van der Waals surface area contributed by atoms with Crippen molar-refractivity contribution < 1.29 is 9.90 Å². The average Bonchev–Trinajstić information content (AvgIpc) is 2.76. The van der Waals surface area contributed by atoms with E-state index in [1.54, 1.807) is 0 Å². The number of carbonyl (C=O) groups is 1. The predicted octanol–water partition coefficient (Wildman–Crippen LogP) is 3.52. The van der Waals surface area contributed by atoms with Gasteiger partial charge in [-0.05, 0) is 36.5 Å². The number of fused-ring (bicyclic) bond motifs is 1. The van der Waals surface area contributed by atoms with E-state index in [4.69, 9.17) is 5.11 Å². The average molecular weight is 324 g/mol. The maximum absolute atomic E-state index is 10.8. The summed E-state index contributed by atoms with van der Waals surface area (Å²) in [4.78, 5) is 15.4. The Hall–Kier alpha value is -1.14. The third kappa shape index (κ3) is 3.95. The van der Waals surface area contributed by atoms with Gasteiger partial charge in [0.05, 0.1) is 16.8 Å². The van der Waals surface area contributed by atoms with Crippen LogP contribution in [0.1, 0.15) is 12.5 Å². The van der Waals surface area contributed by atoms with Gasteiger partial charge in [0, 0.05) is 6.54 Å². The first-order valence-electron chi connectivity index (χ1n) is 6.82. The molecule has 0 amide bonds. The zero-order valence-corrected chi connectivity index (χ0v) is 14.1. The van der Waals surface area contributed by atoms with Crippen LogP contribution in [0.2, 0.25) is 0 Å². The van der Waals surface area contributed by atoms with Gasteiger partial charge in [-0.3, -0.25) is 4.79 Å². The third-order valence-electron chi connectivity index (χ3n) is 3.20. The van der Waals surface area contributed by atoms with Crippen LogP contribution in [0.25, 0.3) is 11.0 Å². The fourth-order valence-electron chi connectivity index (χ4n) is 2.40. The number of para-hydroxylation sites is 1. The molecule has 0 fully saturated rings. The number of thioether (sulfide) groups is 2. The van der Waals surface area contributed by atoms with E-state index in [1.807, 2.05) is 23.9 Å². The molecule has 2 aromatic rings. The number of imidazole rings is 1. The smallest absolute Gasteiger partial charge is 0.313 e. The topological polar surface area (TPSA) is 55.1 Å². The minimum absolute atomic E-state index is 0.0410. The number of hydrogen-bond donors (Lipinski definition) is 1. The SMILES string of the molecule is CSCC(C)Cn1c(SCC(=O)O)nc2cccc(C)c21. The lowest BCUT2D eigenvalue weighted by Crippen LogP contribution is -2.12. The van der Waals surface area contributed by atoms with Gasteiger partial charge < -0.3 is 9.67 Å². The van der Waals surface area contributed by atoms with Crippen molar-refractivity contribution in [1.29, 1.82) is 0 Å². The molecule has 0 aliphatic carbocycles. The van der Waals surface area contributed by atoms with E-state index >= 15 is 0 Å². The number of carboxylic acid groups (broad SMARTS) is 1. The van der Waals surface area contributed by atoms with Crippen molar-refractivity contribution in [2.75, 3.05) is 17.8 Å². The Labute approximate surface area is 133 Å². The Bertz CT molecular complexity index is 640. The predicted molar refractivity (Wildman–Crippen MR) is 90.4 cm³/mol. The molecule has 1 atom stereocenters. The minimum Gasteiger partial charge on any atom is -0.481 e. The van der Waals surface area contributed by atoms with Gasteiger partial charge in [0.1, 0.15) is 0 Å². The standard InChI is InChI=1S/C15H20N2O2S2/c1-10(8-20-3)7-17-14-11(2)5-4-6-12(14)16-15(17)21-9-13(18)19/h4-6,10H,7-9H2,1-3H3,(H,18,19). The van der Waals surface area contributed by atoms with Crippen LogP contribution in [0.5, 0.6) is 0 Å². The lowest BCUT2D eigenvalue weighted by Gasteiger charge is -2.14. The van der Waals surface area contributed by atoms with Gasteiger partial charge >= 0.3 is 5.97 Å². The summed E-state index contributed by atoms with van der Waals surface area (Å²) in [6.07, 6.45) is 2.11. The minimum atomic E-state index is -0.813. The molecule has 1 aromatic carbocycles. The van der Waals surface area contributed by atoms with Crippen molar-refractivity contribution in [3.8, 4) is 0 Å². The molecular weight excluding hydrogens is 304 g/mol. The zero-order valence-electron chi connectivity index (χ0n) is 12.5. The number of hydrogen-bond acceptors (Lipinski definition) is 4. The van der Waals surface area contributed by atoms with Crippen LogP contribution in [0.4, 0.5) is 0 Å². The van der Waals surface area contributed by atoms with Crippen LogP contribution in [0.3, 0.4) is 0 Å². The van der Waals surface area contributed by atoms with Crippen LogP contribution < -0.4 is 0 Å². The summed E-state index contributed by atoms with van der Waals surface area (Å²) in [5.74, 6) is 0.821. The van der Waals surface area contributed by atoms with Gasteiger partial charge in [0.2, 0.25) is 0 Å². The van der Waals surface area contributed by atoms with Gasteiger partial charge in [-0.15, -0.1) is 0 Å². The number of nitrogens with zero attached hydrogens (tertiary/aromatic N) is 2. The van der Waals surface area contributed by atoms with Crippen LogP contribution >= 0.6 is 23.5 Å². The highest BCUT2D eigenvalue weighted by atomic mass is 32.2. The zero-order chi connectivity index (χ0) is 15.4. The van der Waals surface area contributed by atoms with Crippen molar-refractivity contribution in [2.24, 2.45) is 5.92 Å². The second-order valence-electron chi connectivity index (χ2n) is 5.19. The van der Waals surface area contributed by atoms with E-state index in [2.05, 4.69) is 35.7 Å². The quantitative estimate of drug-likeness (QED) is 0.790. The van der Waals surface area contributed by atoms with E-state index < -0.39 is 5.97 Å². The Morgan fingerprint density at radius 2 is 2.24 bits per heavy atom. The molecule has 1 unspecified atom stereocenters. The van der Waals surface area contributed by atoms with Crippen molar-refractivity contribution in [3.63, 3.8) is 0 Å². The maximum Gasteiger partial charge on any atom is 0.313 e. The molecule has 0 spiro atoms. The highest BCUT2D eigenvalue weighted by Gasteiger charge is 2.16. The highest BCUT2D eigenvalue weighted by Crippen LogP contribution is 2.27. The number of rotatable bonds is 7. The molecule has 0 saturated heterocycles. The number of aromatic nitrogens is 2. The van der Waals surface area contributed by atoms with Crippen molar-refractivity contribution in [2.45, 2.75) is 25.5 Å². The molecule has 21 heavy (non-hydrogen) atoms. The molecule has 1 heterocycles. The summed E-state index contributed by atoms with van der Waals surface area (Å²) >= 11 is 3.13. The third-order valence-corrected chi connectivity index (χ3v) is 5.07. The molecular formula is C15H20N2O2S2. The molecule has 0 bridgehead atoms. The van der Waals surface area contributed by atoms with Crippen LogP contribution in [-0.2, 0) is 11.3 Å². The monoisotopic (exact) mass is 324 g/mol. The molecule has 0 saturated carbocycles. The molecule has 2 rings (SSSR count). The summed E-state index contributed by atoms with van der Waals surface area (Å²) in [6.45, 7) is 5.15. The van der Waals surface area contributed by atoms with Gasteiger partial charge in [0.15, 0.2) is 5.16 Å². The second-order valence-corrected chi connectivity index (χ2v) is 7.04. The van der Waals surface area contributed by atoms with E-state index in [0.29, 0.717) is 5.92 Å². The number of aryl methyl sites for hydroxylation is 1. The molecule has 114 valence electrons. The van der Waals surface area contributed by atoms with E-state index in [0.717, 1.165) is 28.5 Å². The van der Waals surface area contributed by atoms with E-state index in [1.165, 1.54) is 17.3 Å². The summed E-state index contributed by atoms with van der Waals surface area (Å²) in [6, 6.07) is 6.06. The van der Waals surface area contributed by atoms with E-state index in [-0.39, 0.29) is 5.75 Å². The van der Waals surface area contributed by atoms with Crippen molar-refractivity contribution in [3.05, 3.63) is 23.8 Å². The summed E-state index contributed by atoms with van der Waals surface area (Å²) < 4.78 is 2.18. The first-order chi connectivity index (χ1) is 10.0. The maximum atomic E-state index is 10.8. The van der Waals surface area contributed by atoms with Crippen molar-refractivity contribution >= 4 is 40.5 Å². The van der Waals surface area contributed by atoms with Gasteiger partial charge in [-0.1, -0.05) is 30.8 Å². The molecule has 1 aromatic heterocycles. The van der Waals surface area contributed by atoms with E-state index in [9.17, 15) is 4.79 Å². The number of carboxylic acids is 1. The second kappa shape index (κ2) is 7.22. The molecule has 1 N–H and O–H groups in total. The fraction of sp³-hybridized carbons (Fsp3) is 0.467.